The molecule has 1 unspecified atom stereocenters. The normalized spacial score (nSPS) is 17.3. The fraction of sp³-hybridized carbons (Fsp3) is 0.550. The molecule has 2 N–H and O–H groups in total. The first kappa shape index (κ1) is 22.0. The van der Waals surface area contributed by atoms with E-state index in [4.69, 9.17) is 4.98 Å². The Hall–Kier alpha value is -1.72. The molecule has 3 rings (SSSR count). The maximum Gasteiger partial charge on any atom is 0.341 e. The number of aromatic nitrogens is 2. The van der Waals surface area contributed by atoms with Crippen molar-refractivity contribution in [3.63, 3.8) is 0 Å². The van der Waals surface area contributed by atoms with Crippen LogP contribution in [0.5, 0.6) is 0 Å². The molecule has 0 bridgehead atoms. The number of hydrogen-bond acceptors (Lipinski definition) is 6. The molecule has 1 aliphatic rings. The Morgan fingerprint density at radius 3 is 2.86 bits per heavy atom. The predicted molar refractivity (Wildman–Crippen MR) is 123 cm³/mol. The van der Waals surface area contributed by atoms with Gasteiger partial charge in [0, 0.05) is 31.9 Å². The number of halogens is 1. The van der Waals surface area contributed by atoms with Gasteiger partial charge in [0.1, 0.15) is 17.0 Å². The number of carbonyl (C=O) groups is 1. The Kier molecular flexibility index (Phi) is 7.12. The molecule has 0 saturated carbocycles. The molecule has 2 aromatic heterocycles. The molecule has 0 radical (unpaired) electrons. The SMILES string of the molecule is CCN1CCCC1Cn1cc(C(=O)O)c(=O)c2cc(I)c(NCCN(C)C)nc21. The van der Waals surface area contributed by atoms with Gasteiger partial charge in [-0.05, 0) is 68.7 Å². The number of nitrogens with zero attached hydrogens (tertiary/aromatic N) is 4. The zero-order valence-corrected chi connectivity index (χ0v) is 19.3. The molecule has 3 heterocycles. The number of rotatable bonds is 8. The van der Waals surface area contributed by atoms with Gasteiger partial charge in [0.25, 0.3) is 0 Å². The van der Waals surface area contributed by atoms with Gasteiger partial charge in [-0.25, -0.2) is 9.78 Å². The fourth-order valence-electron chi connectivity index (χ4n) is 3.84. The van der Waals surface area contributed by atoms with Crippen LogP contribution in [-0.2, 0) is 6.54 Å². The van der Waals surface area contributed by atoms with Gasteiger partial charge in [-0.1, -0.05) is 6.92 Å². The summed E-state index contributed by atoms with van der Waals surface area (Å²) in [7, 11) is 4.01. The summed E-state index contributed by atoms with van der Waals surface area (Å²) in [5.41, 5.74) is -0.145. The summed E-state index contributed by atoms with van der Waals surface area (Å²) >= 11 is 2.14. The van der Waals surface area contributed by atoms with E-state index in [0.717, 1.165) is 48.4 Å². The number of likely N-dealkylation sites (N-methyl/N-ethyl adjacent to an activating group) is 2. The molecule has 0 spiro atoms. The van der Waals surface area contributed by atoms with Crippen molar-refractivity contribution in [2.45, 2.75) is 32.4 Å². The van der Waals surface area contributed by atoms with Crippen LogP contribution in [0.25, 0.3) is 11.0 Å². The average molecular weight is 513 g/mol. The third kappa shape index (κ3) is 4.89. The van der Waals surface area contributed by atoms with Gasteiger partial charge in [-0.2, -0.15) is 0 Å². The lowest BCUT2D eigenvalue weighted by molar-refractivity contribution is 0.0694. The van der Waals surface area contributed by atoms with Crippen molar-refractivity contribution in [2.75, 3.05) is 45.6 Å². The number of fused-ring (bicyclic) bond motifs is 1. The number of pyridine rings is 2. The molecule has 1 aliphatic heterocycles. The molecule has 1 saturated heterocycles. The van der Waals surface area contributed by atoms with Gasteiger partial charge in [-0.15, -0.1) is 0 Å². The van der Waals surface area contributed by atoms with Crippen LogP contribution in [-0.4, -0.2) is 76.7 Å². The van der Waals surface area contributed by atoms with Crippen molar-refractivity contribution in [2.24, 2.45) is 0 Å². The van der Waals surface area contributed by atoms with Crippen molar-refractivity contribution >= 4 is 45.4 Å². The highest BCUT2D eigenvalue weighted by molar-refractivity contribution is 14.1. The number of aromatic carboxylic acids is 1. The summed E-state index contributed by atoms with van der Waals surface area (Å²) in [5, 5.41) is 13.2. The zero-order valence-electron chi connectivity index (χ0n) is 17.1. The summed E-state index contributed by atoms with van der Waals surface area (Å²) in [4.78, 5) is 33.7. The lowest BCUT2D eigenvalue weighted by atomic mass is 10.1. The first-order chi connectivity index (χ1) is 13.8. The van der Waals surface area contributed by atoms with E-state index in [0.29, 0.717) is 23.6 Å². The van der Waals surface area contributed by atoms with Gasteiger partial charge in [-0.3, -0.25) is 9.69 Å². The number of carboxylic acids is 1. The third-order valence-corrected chi connectivity index (χ3v) is 6.22. The van der Waals surface area contributed by atoms with E-state index in [1.54, 1.807) is 6.07 Å². The number of hydrogen-bond donors (Lipinski definition) is 2. The van der Waals surface area contributed by atoms with Crippen molar-refractivity contribution in [3.05, 3.63) is 31.6 Å². The van der Waals surface area contributed by atoms with Crippen molar-refractivity contribution in [1.29, 1.82) is 0 Å². The van der Waals surface area contributed by atoms with Crippen LogP contribution in [0.2, 0.25) is 0 Å². The van der Waals surface area contributed by atoms with Crippen LogP contribution in [0.4, 0.5) is 5.82 Å². The molecular weight excluding hydrogens is 485 g/mol. The second kappa shape index (κ2) is 9.40. The highest BCUT2D eigenvalue weighted by atomic mass is 127. The molecule has 1 atom stereocenters. The van der Waals surface area contributed by atoms with Crippen LogP contribution in [0.15, 0.2) is 17.1 Å². The second-order valence-electron chi connectivity index (χ2n) is 7.67. The first-order valence-corrected chi connectivity index (χ1v) is 11.0. The summed E-state index contributed by atoms with van der Waals surface area (Å²) in [6.45, 7) is 6.35. The molecule has 0 aliphatic carbocycles. The highest BCUT2D eigenvalue weighted by Crippen LogP contribution is 2.24. The molecule has 0 aromatic carbocycles. The maximum absolute atomic E-state index is 12.8. The number of likely N-dealkylation sites (tertiary alicyclic amines) is 1. The Morgan fingerprint density at radius 2 is 2.21 bits per heavy atom. The standard InChI is InChI=1S/C20H28IN5O3/c1-4-25-8-5-6-13(25)11-26-12-15(20(28)29)17(27)14-10-16(21)18(23-19(14)26)22-7-9-24(2)3/h10,12-13H,4-9,11H2,1-3H3,(H,22,23)(H,28,29). The topological polar surface area (TPSA) is 90.7 Å². The molecule has 9 heteroatoms. The quantitative estimate of drug-likeness (QED) is 0.523. The van der Waals surface area contributed by atoms with Gasteiger partial charge >= 0.3 is 5.97 Å². The van der Waals surface area contributed by atoms with Gasteiger partial charge in [0.05, 0.1) is 8.96 Å². The Bertz CT molecular complexity index is 959. The molecule has 2 aromatic rings. The van der Waals surface area contributed by atoms with Gasteiger partial charge in [0.15, 0.2) is 0 Å². The first-order valence-electron chi connectivity index (χ1n) is 9.91. The maximum atomic E-state index is 12.8. The molecule has 1 fully saturated rings. The smallest absolute Gasteiger partial charge is 0.341 e. The fourth-order valence-corrected chi connectivity index (χ4v) is 4.47. The molecular formula is C20H28IN5O3. The van der Waals surface area contributed by atoms with Crippen molar-refractivity contribution in [3.8, 4) is 0 Å². The van der Waals surface area contributed by atoms with Crippen molar-refractivity contribution in [1.82, 2.24) is 19.4 Å². The summed E-state index contributed by atoms with van der Waals surface area (Å²) in [6, 6.07) is 2.07. The number of nitrogens with one attached hydrogen (secondary N) is 1. The number of carboxylic acid groups (broad SMARTS) is 1. The van der Waals surface area contributed by atoms with E-state index < -0.39 is 11.4 Å². The van der Waals surface area contributed by atoms with E-state index in [9.17, 15) is 14.7 Å². The Balaban J connectivity index is 2.07. The summed E-state index contributed by atoms with van der Waals surface area (Å²) < 4.78 is 2.66. The second-order valence-corrected chi connectivity index (χ2v) is 8.84. The third-order valence-electron chi connectivity index (χ3n) is 5.40. The van der Waals surface area contributed by atoms with Crippen LogP contribution >= 0.6 is 22.6 Å². The minimum Gasteiger partial charge on any atom is -0.477 e. The lowest BCUT2D eigenvalue weighted by Gasteiger charge is -2.24. The highest BCUT2D eigenvalue weighted by Gasteiger charge is 2.25. The van der Waals surface area contributed by atoms with E-state index >= 15 is 0 Å². The number of anilines is 1. The molecule has 8 nitrogen and oxygen atoms in total. The van der Waals surface area contributed by atoms with E-state index in [1.165, 1.54) is 6.20 Å². The monoisotopic (exact) mass is 513 g/mol. The van der Waals surface area contributed by atoms with Gasteiger partial charge < -0.3 is 19.9 Å². The largest absolute Gasteiger partial charge is 0.477 e. The van der Waals surface area contributed by atoms with Crippen LogP contribution < -0.4 is 10.7 Å². The molecule has 158 valence electrons. The van der Waals surface area contributed by atoms with E-state index in [-0.39, 0.29) is 5.56 Å². The van der Waals surface area contributed by atoms with Crippen LogP contribution in [0, 0.1) is 3.57 Å². The lowest BCUT2D eigenvalue weighted by Crippen LogP contribution is -2.33. The zero-order chi connectivity index (χ0) is 21.1. The predicted octanol–water partition coefficient (Wildman–Crippen LogP) is 2.16. The minimum absolute atomic E-state index is 0.204. The van der Waals surface area contributed by atoms with E-state index in [1.807, 2.05) is 18.7 Å². The average Bonchev–Trinajstić information content (AvgIpc) is 3.11. The summed E-state index contributed by atoms with van der Waals surface area (Å²) in [6.07, 6.45) is 3.65. The Morgan fingerprint density at radius 1 is 1.45 bits per heavy atom. The van der Waals surface area contributed by atoms with Gasteiger partial charge in [0.2, 0.25) is 5.43 Å². The van der Waals surface area contributed by atoms with Crippen molar-refractivity contribution < 1.29 is 9.90 Å². The van der Waals surface area contributed by atoms with Crippen LogP contribution in [0.3, 0.4) is 0 Å². The minimum atomic E-state index is -1.20. The van der Waals surface area contributed by atoms with E-state index in [2.05, 4.69) is 44.6 Å². The summed E-state index contributed by atoms with van der Waals surface area (Å²) in [5.74, 6) is -0.484. The Labute approximate surface area is 184 Å². The molecule has 0 amide bonds. The molecule has 29 heavy (non-hydrogen) atoms. The van der Waals surface area contributed by atoms with Crippen LogP contribution in [0.1, 0.15) is 30.1 Å².